The third-order valence-corrected chi connectivity index (χ3v) is 3.21. The monoisotopic (exact) mass is 272 g/mol. The van der Waals surface area contributed by atoms with Crippen molar-refractivity contribution >= 4 is 11.6 Å². The van der Waals surface area contributed by atoms with Gasteiger partial charge in [-0.2, -0.15) is 0 Å². The van der Waals surface area contributed by atoms with E-state index in [9.17, 15) is 9.18 Å². The molecule has 0 aromatic heterocycles. The Morgan fingerprint density at radius 1 is 1.15 bits per heavy atom. The predicted octanol–water partition coefficient (Wildman–Crippen LogP) is 2.72. The number of rotatable bonds is 4. The van der Waals surface area contributed by atoms with Gasteiger partial charge in [0, 0.05) is 19.3 Å². The first-order valence-electron chi connectivity index (χ1n) is 6.43. The van der Waals surface area contributed by atoms with E-state index in [1.54, 1.807) is 54.4 Å². The molecule has 3 nitrogen and oxygen atoms in total. The summed E-state index contributed by atoms with van der Waals surface area (Å²) in [4.78, 5) is 13.8. The number of para-hydroxylation sites is 1. The van der Waals surface area contributed by atoms with E-state index in [0.717, 1.165) is 0 Å². The standard InChI is InChI=1S/C16H17FN2O/c1-19(11-10-12-6-2-4-8-14(12)17)16(20)13-7-3-5-9-15(13)18/h2-9H,10-11,18H2,1H3. The minimum atomic E-state index is -0.243. The first-order chi connectivity index (χ1) is 9.59. The number of nitrogen functional groups attached to an aromatic ring is 1. The molecule has 2 aromatic rings. The van der Waals surface area contributed by atoms with Gasteiger partial charge in [0.15, 0.2) is 0 Å². The van der Waals surface area contributed by atoms with Crippen LogP contribution in [0.2, 0.25) is 0 Å². The van der Waals surface area contributed by atoms with Gasteiger partial charge in [0.1, 0.15) is 5.82 Å². The molecule has 104 valence electrons. The minimum absolute atomic E-state index is 0.153. The van der Waals surface area contributed by atoms with Gasteiger partial charge in [-0.15, -0.1) is 0 Å². The molecule has 0 bridgehead atoms. The minimum Gasteiger partial charge on any atom is -0.398 e. The number of nitrogens with zero attached hydrogens (tertiary/aromatic N) is 1. The summed E-state index contributed by atoms with van der Waals surface area (Å²) in [5.74, 6) is -0.396. The van der Waals surface area contributed by atoms with Crippen LogP contribution in [0, 0.1) is 5.82 Å². The molecular weight excluding hydrogens is 255 g/mol. The van der Waals surface area contributed by atoms with E-state index in [1.807, 2.05) is 0 Å². The fraction of sp³-hybridized carbons (Fsp3) is 0.188. The van der Waals surface area contributed by atoms with Crippen molar-refractivity contribution < 1.29 is 9.18 Å². The quantitative estimate of drug-likeness (QED) is 0.870. The van der Waals surface area contributed by atoms with Crippen molar-refractivity contribution in [1.29, 1.82) is 0 Å². The average Bonchev–Trinajstić information content (AvgIpc) is 2.46. The third-order valence-electron chi connectivity index (χ3n) is 3.21. The number of nitrogens with two attached hydrogens (primary N) is 1. The van der Waals surface area contributed by atoms with E-state index in [2.05, 4.69) is 0 Å². The molecule has 0 unspecified atom stereocenters. The highest BCUT2D eigenvalue weighted by atomic mass is 19.1. The summed E-state index contributed by atoms with van der Waals surface area (Å²) < 4.78 is 13.5. The maximum Gasteiger partial charge on any atom is 0.255 e. The number of anilines is 1. The molecule has 0 saturated heterocycles. The third kappa shape index (κ3) is 3.15. The van der Waals surface area contributed by atoms with E-state index in [0.29, 0.717) is 29.8 Å². The molecule has 0 saturated carbocycles. The lowest BCUT2D eigenvalue weighted by Gasteiger charge is -2.18. The van der Waals surface area contributed by atoms with Crippen molar-refractivity contribution in [2.24, 2.45) is 0 Å². The van der Waals surface area contributed by atoms with Crippen LogP contribution in [-0.4, -0.2) is 24.4 Å². The van der Waals surface area contributed by atoms with E-state index in [-0.39, 0.29) is 11.7 Å². The van der Waals surface area contributed by atoms with Gasteiger partial charge in [0.25, 0.3) is 5.91 Å². The molecule has 0 radical (unpaired) electrons. The predicted molar refractivity (Wildman–Crippen MR) is 77.9 cm³/mol. The summed E-state index contributed by atoms with van der Waals surface area (Å²) >= 11 is 0. The lowest BCUT2D eigenvalue weighted by Crippen LogP contribution is -2.29. The Labute approximate surface area is 117 Å². The van der Waals surface area contributed by atoms with Gasteiger partial charge in [-0.25, -0.2) is 4.39 Å². The molecule has 1 amide bonds. The molecule has 0 aliphatic rings. The van der Waals surface area contributed by atoms with Crippen LogP contribution in [0.15, 0.2) is 48.5 Å². The highest BCUT2D eigenvalue weighted by Gasteiger charge is 2.14. The topological polar surface area (TPSA) is 46.3 Å². The molecule has 0 aliphatic carbocycles. The lowest BCUT2D eigenvalue weighted by molar-refractivity contribution is 0.0797. The molecule has 2 N–H and O–H groups in total. The summed E-state index contributed by atoms with van der Waals surface area (Å²) in [6.45, 7) is 0.439. The Kier molecular flexibility index (Phi) is 4.35. The Morgan fingerprint density at radius 2 is 1.80 bits per heavy atom. The number of halogens is 1. The molecule has 4 heteroatoms. The van der Waals surface area contributed by atoms with E-state index >= 15 is 0 Å². The summed E-state index contributed by atoms with van der Waals surface area (Å²) in [6, 6.07) is 13.5. The summed E-state index contributed by atoms with van der Waals surface area (Å²) in [5, 5.41) is 0. The first kappa shape index (κ1) is 14.1. The van der Waals surface area contributed by atoms with E-state index in [1.165, 1.54) is 6.07 Å². The number of carbonyl (C=O) groups excluding carboxylic acids is 1. The number of amides is 1. The van der Waals surface area contributed by atoms with Crippen molar-refractivity contribution in [1.82, 2.24) is 4.90 Å². The van der Waals surface area contributed by atoms with Gasteiger partial charge in [-0.3, -0.25) is 4.79 Å². The van der Waals surface area contributed by atoms with Gasteiger partial charge in [-0.1, -0.05) is 30.3 Å². The maximum atomic E-state index is 13.5. The van der Waals surface area contributed by atoms with E-state index in [4.69, 9.17) is 5.73 Å². The van der Waals surface area contributed by atoms with Gasteiger partial charge in [-0.05, 0) is 30.2 Å². The summed E-state index contributed by atoms with van der Waals surface area (Å²) in [5.41, 5.74) is 7.32. The van der Waals surface area contributed by atoms with Crippen LogP contribution in [0.25, 0.3) is 0 Å². The SMILES string of the molecule is CN(CCc1ccccc1F)C(=O)c1ccccc1N. The second-order valence-corrected chi connectivity index (χ2v) is 4.66. The van der Waals surface area contributed by atoms with Gasteiger partial charge < -0.3 is 10.6 Å². The Bertz CT molecular complexity index is 613. The Hall–Kier alpha value is -2.36. The van der Waals surface area contributed by atoms with Crippen LogP contribution < -0.4 is 5.73 Å². The van der Waals surface area contributed by atoms with Crippen LogP contribution in [0.5, 0.6) is 0 Å². The zero-order chi connectivity index (χ0) is 14.5. The fourth-order valence-corrected chi connectivity index (χ4v) is 1.99. The number of hydrogen-bond acceptors (Lipinski definition) is 2. The van der Waals surface area contributed by atoms with E-state index < -0.39 is 0 Å². The molecular formula is C16H17FN2O. The van der Waals surface area contributed by atoms with Crippen LogP contribution in [0.4, 0.5) is 10.1 Å². The van der Waals surface area contributed by atoms with Gasteiger partial charge in [0.05, 0.1) is 5.56 Å². The van der Waals surface area contributed by atoms with Gasteiger partial charge in [0.2, 0.25) is 0 Å². The van der Waals surface area contributed by atoms with Crippen LogP contribution in [-0.2, 0) is 6.42 Å². The van der Waals surface area contributed by atoms with Crippen molar-refractivity contribution in [3.63, 3.8) is 0 Å². The van der Waals surface area contributed by atoms with Crippen molar-refractivity contribution in [3.8, 4) is 0 Å². The smallest absolute Gasteiger partial charge is 0.255 e. The second-order valence-electron chi connectivity index (χ2n) is 4.66. The number of hydrogen-bond donors (Lipinski definition) is 1. The molecule has 0 atom stereocenters. The Morgan fingerprint density at radius 3 is 2.50 bits per heavy atom. The Balaban J connectivity index is 2.02. The van der Waals surface area contributed by atoms with Crippen molar-refractivity contribution in [3.05, 3.63) is 65.5 Å². The zero-order valence-corrected chi connectivity index (χ0v) is 11.3. The molecule has 2 rings (SSSR count). The lowest BCUT2D eigenvalue weighted by atomic mass is 10.1. The number of carbonyl (C=O) groups is 1. The van der Waals surface area contributed by atoms with Crippen molar-refractivity contribution in [2.45, 2.75) is 6.42 Å². The molecule has 2 aromatic carbocycles. The molecule has 0 heterocycles. The fourth-order valence-electron chi connectivity index (χ4n) is 1.99. The number of likely N-dealkylation sites (N-methyl/N-ethyl adjacent to an activating group) is 1. The average molecular weight is 272 g/mol. The highest BCUT2D eigenvalue weighted by molar-refractivity contribution is 5.98. The highest BCUT2D eigenvalue weighted by Crippen LogP contribution is 2.14. The van der Waals surface area contributed by atoms with Crippen LogP contribution in [0.3, 0.4) is 0 Å². The van der Waals surface area contributed by atoms with Crippen LogP contribution in [0.1, 0.15) is 15.9 Å². The second kappa shape index (κ2) is 6.19. The number of benzene rings is 2. The molecule has 0 aliphatic heterocycles. The largest absolute Gasteiger partial charge is 0.398 e. The molecule has 0 spiro atoms. The summed E-state index contributed by atoms with van der Waals surface area (Å²) in [7, 11) is 1.69. The van der Waals surface area contributed by atoms with Crippen LogP contribution >= 0.6 is 0 Å². The zero-order valence-electron chi connectivity index (χ0n) is 11.3. The normalized spacial score (nSPS) is 10.3. The van der Waals surface area contributed by atoms with Gasteiger partial charge >= 0.3 is 0 Å². The molecule has 0 fully saturated rings. The summed E-state index contributed by atoms with van der Waals surface area (Å²) in [6.07, 6.45) is 0.474. The first-order valence-corrected chi connectivity index (χ1v) is 6.43. The van der Waals surface area contributed by atoms with Crippen molar-refractivity contribution in [2.75, 3.05) is 19.3 Å². The maximum absolute atomic E-state index is 13.5. The molecule has 20 heavy (non-hydrogen) atoms.